The van der Waals surface area contributed by atoms with Gasteiger partial charge < -0.3 is 20.7 Å². The SMILES string of the molecule is CN(CCNC1COC1)c1cc(Cl)c(N)cc1C#N. The van der Waals surface area contributed by atoms with E-state index in [1.165, 1.54) is 0 Å². The van der Waals surface area contributed by atoms with Crippen LogP contribution >= 0.6 is 11.6 Å². The smallest absolute Gasteiger partial charge is 0.101 e. The average molecular weight is 281 g/mol. The van der Waals surface area contributed by atoms with Crippen molar-refractivity contribution in [2.75, 3.05) is 44.0 Å². The van der Waals surface area contributed by atoms with E-state index >= 15 is 0 Å². The molecule has 6 heteroatoms. The van der Waals surface area contributed by atoms with Crippen molar-refractivity contribution in [3.05, 3.63) is 22.7 Å². The molecule has 0 radical (unpaired) electrons. The Hall–Kier alpha value is -1.48. The van der Waals surface area contributed by atoms with E-state index in [1.54, 1.807) is 12.1 Å². The number of benzene rings is 1. The second kappa shape index (κ2) is 6.11. The van der Waals surface area contributed by atoms with Crippen molar-refractivity contribution in [2.24, 2.45) is 0 Å². The Labute approximate surface area is 117 Å². The number of hydrogen-bond acceptors (Lipinski definition) is 5. The molecule has 1 heterocycles. The lowest BCUT2D eigenvalue weighted by Crippen LogP contribution is -2.48. The first-order valence-corrected chi connectivity index (χ1v) is 6.51. The zero-order valence-corrected chi connectivity index (χ0v) is 11.6. The van der Waals surface area contributed by atoms with E-state index in [0.29, 0.717) is 22.3 Å². The molecule has 1 fully saturated rings. The first-order chi connectivity index (χ1) is 9.11. The maximum Gasteiger partial charge on any atom is 0.101 e. The lowest BCUT2D eigenvalue weighted by molar-refractivity contribution is -0.00446. The van der Waals surface area contributed by atoms with Crippen LogP contribution in [0.25, 0.3) is 0 Å². The summed E-state index contributed by atoms with van der Waals surface area (Å²) in [5.74, 6) is 0. The Kier molecular flexibility index (Phi) is 4.48. The molecule has 0 aliphatic carbocycles. The summed E-state index contributed by atoms with van der Waals surface area (Å²) in [5, 5.41) is 13.0. The van der Waals surface area contributed by atoms with Gasteiger partial charge in [0, 0.05) is 20.1 Å². The number of hydrogen-bond donors (Lipinski definition) is 2. The van der Waals surface area contributed by atoms with E-state index in [2.05, 4.69) is 11.4 Å². The number of nitriles is 1. The summed E-state index contributed by atoms with van der Waals surface area (Å²) in [5.41, 5.74) is 7.47. The van der Waals surface area contributed by atoms with Gasteiger partial charge in [-0.2, -0.15) is 5.26 Å². The molecule has 1 aromatic carbocycles. The lowest BCUT2D eigenvalue weighted by Gasteiger charge is -2.28. The minimum atomic E-state index is 0.431. The molecule has 0 bridgehead atoms. The summed E-state index contributed by atoms with van der Waals surface area (Å²) in [6.07, 6.45) is 0. The number of ether oxygens (including phenoxy) is 1. The molecule has 1 aromatic rings. The fraction of sp³-hybridized carbons (Fsp3) is 0.462. The normalized spacial score (nSPS) is 14.8. The van der Waals surface area contributed by atoms with Crippen LogP contribution in [-0.4, -0.2) is 39.4 Å². The Morgan fingerprint density at radius 3 is 2.89 bits per heavy atom. The Bertz CT molecular complexity index is 496. The number of nitrogens with two attached hydrogens (primary N) is 1. The minimum Gasteiger partial charge on any atom is -0.397 e. The number of rotatable bonds is 5. The van der Waals surface area contributed by atoms with Gasteiger partial charge in [-0.1, -0.05) is 11.6 Å². The Morgan fingerprint density at radius 1 is 1.58 bits per heavy atom. The highest BCUT2D eigenvalue weighted by Crippen LogP contribution is 2.28. The fourth-order valence-electron chi connectivity index (χ4n) is 1.90. The molecule has 0 unspecified atom stereocenters. The molecule has 0 aromatic heterocycles. The van der Waals surface area contributed by atoms with Crippen LogP contribution in [0.1, 0.15) is 5.56 Å². The summed E-state index contributed by atoms with van der Waals surface area (Å²) >= 11 is 6.01. The molecular weight excluding hydrogens is 264 g/mol. The van der Waals surface area contributed by atoms with Crippen LogP contribution in [-0.2, 0) is 4.74 Å². The van der Waals surface area contributed by atoms with Crippen LogP contribution in [0.3, 0.4) is 0 Å². The predicted molar refractivity (Wildman–Crippen MR) is 76.5 cm³/mol. The van der Waals surface area contributed by atoms with Crippen molar-refractivity contribution in [3.8, 4) is 6.07 Å². The molecule has 3 N–H and O–H groups in total. The van der Waals surface area contributed by atoms with Gasteiger partial charge in [0.15, 0.2) is 0 Å². The average Bonchev–Trinajstić information content (AvgIpc) is 2.34. The van der Waals surface area contributed by atoms with Crippen LogP contribution in [0, 0.1) is 11.3 Å². The quantitative estimate of drug-likeness (QED) is 0.793. The Morgan fingerprint density at radius 2 is 2.32 bits per heavy atom. The third-order valence-corrected chi connectivity index (χ3v) is 3.49. The van der Waals surface area contributed by atoms with Gasteiger partial charge in [-0.3, -0.25) is 0 Å². The van der Waals surface area contributed by atoms with E-state index in [-0.39, 0.29) is 0 Å². The standard InChI is InChI=1S/C13H17ClN4O/c1-18(3-2-17-10-7-19-8-10)13-5-11(14)12(16)4-9(13)6-15/h4-5,10,17H,2-3,7-8,16H2,1H3. The predicted octanol–water partition coefficient (Wildman–Crippen LogP) is 1.22. The highest BCUT2D eigenvalue weighted by atomic mass is 35.5. The fourth-order valence-corrected chi connectivity index (χ4v) is 2.05. The molecule has 102 valence electrons. The molecular formula is C13H17ClN4O. The Balaban J connectivity index is 1.99. The molecule has 1 aliphatic heterocycles. The number of anilines is 2. The van der Waals surface area contributed by atoms with E-state index in [9.17, 15) is 0 Å². The number of likely N-dealkylation sites (N-methyl/N-ethyl adjacent to an activating group) is 1. The maximum absolute atomic E-state index is 9.14. The highest BCUT2D eigenvalue weighted by molar-refractivity contribution is 6.33. The van der Waals surface area contributed by atoms with Crippen molar-refractivity contribution in [1.29, 1.82) is 5.26 Å². The van der Waals surface area contributed by atoms with Crippen molar-refractivity contribution >= 4 is 23.0 Å². The maximum atomic E-state index is 9.14. The molecule has 0 atom stereocenters. The second-order valence-corrected chi connectivity index (χ2v) is 5.02. The summed E-state index contributed by atoms with van der Waals surface area (Å²) in [6.45, 7) is 3.17. The van der Waals surface area contributed by atoms with E-state index in [4.69, 9.17) is 27.3 Å². The van der Waals surface area contributed by atoms with Gasteiger partial charge in [0.1, 0.15) is 6.07 Å². The van der Waals surface area contributed by atoms with E-state index in [0.717, 1.165) is 32.0 Å². The third-order valence-electron chi connectivity index (χ3n) is 3.17. The van der Waals surface area contributed by atoms with Crippen molar-refractivity contribution < 1.29 is 4.74 Å². The van der Waals surface area contributed by atoms with E-state index in [1.807, 2.05) is 11.9 Å². The van der Waals surface area contributed by atoms with Gasteiger partial charge in [0.25, 0.3) is 0 Å². The molecule has 1 aliphatic rings. The molecule has 0 spiro atoms. The van der Waals surface area contributed by atoms with Gasteiger partial charge in [0.05, 0.1) is 41.2 Å². The second-order valence-electron chi connectivity index (χ2n) is 4.61. The van der Waals surface area contributed by atoms with Gasteiger partial charge in [-0.05, 0) is 12.1 Å². The zero-order valence-electron chi connectivity index (χ0n) is 10.8. The summed E-state index contributed by atoms with van der Waals surface area (Å²) in [4.78, 5) is 2.00. The van der Waals surface area contributed by atoms with Crippen LogP contribution < -0.4 is 16.0 Å². The molecule has 19 heavy (non-hydrogen) atoms. The van der Waals surface area contributed by atoms with E-state index < -0.39 is 0 Å². The van der Waals surface area contributed by atoms with Crippen LogP contribution in [0.2, 0.25) is 5.02 Å². The molecule has 0 amide bonds. The zero-order chi connectivity index (χ0) is 13.8. The van der Waals surface area contributed by atoms with Crippen molar-refractivity contribution in [3.63, 3.8) is 0 Å². The number of nitrogens with one attached hydrogen (secondary N) is 1. The largest absolute Gasteiger partial charge is 0.397 e. The number of nitrogen functional groups attached to an aromatic ring is 1. The first kappa shape index (κ1) is 13.9. The monoisotopic (exact) mass is 280 g/mol. The number of halogens is 1. The minimum absolute atomic E-state index is 0.431. The van der Waals surface area contributed by atoms with Crippen LogP contribution in [0.15, 0.2) is 12.1 Å². The van der Waals surface area contributed by atoms with Gasteiger partial charge in [-0.15, -0.1) is 0 Å². The van der Waals surface area contributed by atoms with Gasteiger partial charge >= 0.3 is 0 Å². The topological polar surface area (TPSA) is 74.3 Å². The summed E-state index contributed by atoms with van der Waals surface area (Å²) in [7, 11) is 1.93. The highest BCUT2D eigenvalue weighted by Gasteiger charge is 2.17. The lowest BCUT2D eigenvalue weighted by atomic mass is 10.1. The van der Waals surface area contributed by atoms with Gasteiger partial charge in [-0.25, -0.2) is 0 Å². The molecule has 2 rings (SSSR count). The first-order valence-electron chi connectivity index (χ1n) is 6.13. The third kappa shape index (κ3) is 3.29. The molecule has 0 saturated carbocycles. The van der Waals surface area contributed by atoms with Crippen molar-refractivity contribution in [1.82, 2.24) is 5.32 Å². The molecule has 1 saturated heterocycles. The number of nitrogens with zero attached hydrogens (tertiary/aromatic N) is 2. The van der Waals surface area contributed by atoms with Gasteiger partial charge in [0.2, 0.25) is 0 Å². The van der Waals surface area contributed by atoms with Crippen LogP contribution in [0.4, 0.5) is 11.4 Å². The van der Waals surface area contributed by atoms with Crippen molar-refractivity contribution in [2.45, 2.75) is 6.04 Å². The molecule has 5 nitrogen and oxygen atoms in total. The summed E-state index contributed by atoms with van der Waals surface area (Å²) in [6, 6.07) is 5.95. The van der Waals surface area contributed by atoms with Crippen LogP contribution in [0.5, 0.6) is 0 Å². The summed E-state index contributed by atoms with van der Waals surface area (Å²) < 4.78 is 5.09.